The minimum absolute atomic E-state index is 0.639. The van der Waals surface area contributed by atoms with Gasteiger partial charge >= 0.3 is 0 Å². The standard InChI is InChI=1S/C35H56O29/c36-1-7-25-15(43)21(49)32(55-7)62-27-9(3-38)57-34(23(51)17(27)45)64-29-11(5-40)58-35(24(52)18(29)46)63-28-10(4-39)56-33(22(50)16(28)44)61-26-8(2-37)54-31(20(48)14(26)42)59-12-6-53-30(60-25)19(47)13(12)41/h6-11,13-52H,1-5H2/t7?,8?,9?,10?,11?,13?,14?,15?,16?,17?,18?,19?,20?,21?,22?,23?,24?,25-,26-,27-,28-,29-,30-,31-,32-,33-,34-,35-/m1/s1. The maximum absolute atomic E-state index is 11.2. The molecule has 29 heteroatoms. The van der Waals surface area contributed by atoms with Crippen molar-refractivity contribution in [2.75, 3.05) is 33.0 Å². The van der Waals surface area contributed by atoms with E-state index in [1.807, 2.05) is 0 Å². The Morgan fingerprint density at radius 3 is 0.828 bits per heavy atom. The van der Waals surface area contributed by atoms with Crippen molar-refractivity contribution >= 4 is 0 Å². The second-order valence-corrected chi connectivity index (χ2v) is 16.1. The lowest BCUT2D eigenvalue weighted by molar-refractivity contribution is -0.395. The van der Waals surface area contributed by atoms with Gasteiger partial charge in [0.25, 0.3) is 0 Å². The molecule has 28 atom stereocenters. The topological polar surface area (TPSA) is 455 Å². The summed E-state index contributed by atoms with van der Waals surface area (Å²) in [5, 5.41) is 184. The lowest BCUT2D eigenvalue weighted by Gasteiger charge is -2.50. The summed E-state index contributed by atoms with van der Waals surface area (Å²) in [6, 6.07) is 0. The summed E-state index contributed by atoms with van der Waals surface area (Å²) in [5.41, 5.74) is 0. The first kappa shape index (κ1) is 50.1. The minimum Gasteiger partial charge on any atom is -0.466 e. The van der Waals surface area contributed by atoms with Gasteiger partial charge in [-0.25, -0.2) is 0 Å². The average Bonchev–Trinajstić information content (AvgIpc) is 3.29. The maximum atomic E-state index is 11.2. The Kier molecular flexibility index (Phi) is 16.3. The molecule has 9 fully saturated rings. The monoisotopic (exact) mass is 940 g/mol. The second kappa shape index (κ2) is 20.9. The van der Waals surface area contributed by atoms with E-state index in [9.17, 15) is 86.8 Å². The van der Waals surface area contributed by atoms with E-state index < -0.39 is 211 Å². The number of aliphatic hydroxyl groups excluding tert-OH is 17. The molecular weight excluding hydrogens is 884 g/mol. The van der Waals surface area contributed by atoms with Gasteiger partial charge in [-0.1, -0.05) is 0 Å². The van der Waals surface area contributed by atoms with Gasteiger partial charge in [-0.15, -0.1) is 0 Å². The van der Waals surface area contributed by atoms with E-state index in [4.69, 9.17) is 56.8 Å². The van der Waals surface area contributed by atoms with Crippen molar-refractivity contribution in [2.45, 2.75) is 172 Å². The quantitative estimate of drug-likeness (QED) is 0.122. The van der Waals surface area contributed by atoms with Crippen LogP contribution < -0.4 is 0 Å². The normalized spacial score (nSPS) is 54.0. The Balaban J connectivity index is 1.18. The van der Waals surface area contributed by atoms with E-state index in [0.717, 1.165) is 0 Å². The Morgan fingerprint density at radius 2 is 0.547 bits per heavy atom. The number of hydrogen-bond acceptors (Lipinski definition) is 29. The zero-order valence-electron chi connectivity index (χ0n) is 33.3. The fourth-order valence-electron chi connectivity index (χ4n) is 8.37. The van der Waals surface area contributed by atoms with Crippen LogP contribution in [-0.4, -0.2) is 292 Å². The van der Waals surface area contributed by atoms with Crippen LogP contribution in [0.2, 0.25) is 0 Å². The van der Waals surface area contributed by atoms with Crippen LogP contribution in [0.5, 0.6) is 0 Å². The predicted molar refractivity (Wildman–Crippen MR) is 189 cm³/mol. The molecular formula is C35H56O29. The highest BCUT2D eigenvalue weighted by Gasteiger charge is 2.57. The molecule has 0 aromatic rings. The van der Waals surface area contributed by atoms with Crippen molar-refractivity contribution in [3.63, 3.8) is 0 Å². The molecule has 0 aromatic carbocycles. The van der Waals surface area contributed by atoms with Crippen molar-refractivity contribution < 1.29 is 144 Å². The van der Waals surface area contributed by atoms with E-state index in [1.165, 1.54) is 0 Å². The second-order valence-electron chi connectivity index (χ2n) is 16.1. The minimum atomic E-state index is -2.14. The van der Waals surface area contributed by atoms with Crippen molar-refractivity contribution in [3.05, 3.63) is 12.0 Å². The Labute approximate surface area is 360 Å². The van der Waals surface area contributed by atoms with Crippen molar-refractivity contribution in [1.82, 2.24) is 0 Å². The number of ether oxygens (including phenoxy) is 12. The molecule has 22 heterocycles. The number of rotatable bonds is 5. The zero-order valence-corrected chi connectivity index (χ0v) is 33.3. The molecule has 9 saturated heterocycles. The molecule has 12 bridgehead atoms. The van der Waals surface area contributed by atoms with Gasteiger partial charge in [-0.3, -0.25) is 0 Å². The molecule has 64 heavy (non-hydrogen) atoms. The largest absolute Gasteiger partial charge is 0.466 e. The Morgan fingerprint density at radius 1 is 0.297 bits per heavy atom. The molecule has 22 aliphatic heterocycles. The van der Waals surface area contributed by atoms with Crippen LogP contribution in [0.15, 0.2) is 12.0 Å². The summed E-state index contributed by atoms with van der Waals surface area (Å²) in [4.78, 5) is 0. The molecule has 0 saturated carbocycles. The van der Waals surface area contributed by atoms with Gasteiger partial charge in [0.15, 0.2) is 30.9 Å². The van der Waals surface area contributed by atoms with Gasteiger partial charge in [0.2, 0.25) is 12.6 Å². The van der Waals surface area contributed by atoms with Crippen molar-refractivity contribution in [3.8, 4) is 0 Å². The van der Waals surface area contributed by atoms with Crippen molar-refractivity contribution in [1.29, 1.82) is 0 Å². The average molecular weight is 941 g/mol. The molecule has 370 valence electrons. The summed E-state index contributed by atoms with van der Waals surface area (Å²) in [6.07, 6.45) is -53.4. The zero-order chi connectivity index (χ0) is 46.5. The molecule has 22 rings (SSSR count). The third-order valence-electron chi connectivity index (χ3n) is 12.0. The third-order valence-corrected chi connectivity index (χ3v) is 12.0. The van der Waals surface area contributed by atoms with E-state index >= 15 is 0 Å². The first-order valence-corrected chi connectivity index (χ1v) is 20.3. The third kappa shape index (κ3) is 9.50. The molecule has 0 spiro atoms. The maximum Gasteiger partial charge on any atom is 0.229 e. The van der Waals surface area contributed by atoms with Crippen LogP contribution in [0.25, 0.3) is 0 Å². The highest BCUT2D eigenvalue weighted by molar-refractivity contribution is 5.07. The first-order valence-electron chi connectivity index (χ1n) is 20.3. The lowest BCUT2D eigenvalue weighted by atomic mass is 9.95. The fraction of sp³-hybridized carbons (Fsp3) is 0.943. The summed E-state index contributed by atoms with van der Waals surface area (Å²) < 4.78 is 67.2. The molecule has 29 nitrogen and oxygen atoms in total. The van der Waals surface area contributed by atoms with Crippen LogP contribution in [0.1, 0.15) is 0 Å². The van der Waals surface area contributed by atoms with Crippen LogP contribution >= 0.6 is 0 Å². The predicted octanol–water partition coefficient (Wildman–Crippen LogP) is -11.9. The fourth-order valence-corrected chi connectivity index (χ4v) is 8.37. The first-order chi connectivity index (χ1) is 30.5. The van der Waals surface area contributed by atoms with Gasteiger partial charge in [-0.2, -0.15) is 0 Å². The van der Waals surface area contributed by atoms with E-state index in [2.05, 4.69) is 0 Å². The highest BCUT2D eigenvalue weighted by Crippen LogP contribution is 2.37. The van der Waals surface area contributed by atoms with Gasteiger partial charge < -0.3 is 144 Å². The lowest BCUT2D eigenvalue weighted by Crippen LogP contribution is -2.68. The van der Waals surface area contributed by atoms with Crippen molar-refractivity contribution in [2.24, 2.45) is 0 Å². The summed E-state index contributed by atoms with van der Waals surface area (Å²) in [6.45, 7) is -4.88. The molecule has 22 aliphatic rings. The Hall–Kier alpha value is -1.74. The number of aliphatic hydroxyl groups is 17. The summed E-state index contributed by atoms with van der Waals surface area (Å²) in [7, 11) is 0. The summed E-state index contributed by atoms with van der Waals surface area (Å²) in [5.74, 6) is -0.639. The smallest absolute Gasteiger partial charge is 0.229 e. The Bertz CT molecular complexity index is 1520. The van der Waals surface area contributed by atoms with E-state index in [1.54, 1.807) is 0 Å². The van der Waals surface area contributed by atoms with Crippen LogP contribution in [-0.2, 0) is 56.8 Å². The summed E-state index contributed by atoms with van der Waals surface area (Å²) >= 11 is 0. The SMILES string of the molecule is OCC1O[C@@H]2O[C@@H]3C(CO)O[C@H](O[C@@H]4C(CO)O[C@H](O[C@@H]5C(CO)O[C@H](O[C@@H]6C(CO)O[C@H](OC7=CO[C@H](O[C@H]1C(O)C2O)C(O)C7O)C(O)C6O)C(O)C5O)C(O)C4O)C(O)C3O. The highest BCUT2D eigenvalue weighted by atomic mass is 16.8. The van der Waals surface area contributed by atoms with E-state index in [-0.39, 0.29) is 0 Å². The van der Waals surface area contributed by atoms with Gasteiger partial charge in [0.1, 0.15) is 141 Å². The number of hydrogen-bond donors (Lipinski definition) is 17. The van der Waals surface area contributed by atoms with Crippen LogP contribution in [0.3, 0.4) is 0 Å². The van der Waals surface area contributed by atoms with Gasteiger partial charge in [0, 0.05) is 0 Å². The van der Waals surface area contributed by atoms with E-state index in [0.29, 0.717) is 6.26 Å². The van der Waals surface area contributed by atoms with Crippen LogP contribution in [0, 0.1) is 0 Å². The molecule has 0 amide bonds. The van der Waals surface area contributed by atoms with Crippen LogP contribution in [0.4, 0.5) is 0 Å². The molecule has 0 aliphatic carbocycles. The van der Waals surface area contributed by atoms with Gasteiger partial charge in [0.05, 0.1) is 33.0 Å². The molecule has 17 N–H and O–H groups in total. The molecule has 0 radical (unpaired) electrons. The van der Waals surface area contributed by atoms with Gasteiger partial charge in [-0.05, 0) is 0 Å². The molecule has 0 aromatic heterocycles. The molecule has 17 unspecified atom stereocenters.